The number of primary amides is 3. The van der Waals surface area contributed by atoms with Crippen molar-refractivity contribution in [1.82, 2.24) is 53.8 Å². The van der Waals surface area contributed by atoms with Crippen LogP contribution in [0.1, 0.15) is 81.1 Å². The fourth-order valence-electron chi connectivity index (χ4n) is 14.0. The van der Waals surface area contributed by atoms with E-state index in [0.29, 0.717) is 113 Å². The van der Waals surface area contributed by atoms with Gasteiger partial charge >= 0.3 is 0 Å². The van der Waals surface area contributed by atoms with Gasteiger partial charge in [-0.25, -0.2) is 29.9 Å². The second-order valence-corrected chi connectivity index (χ2v) is 46.4. The maximum absolute atomic E-state index is 12.9. The number of aromatic nitrogens is 9. The smallest absolute Gasteiger partial charge is 0.250 e. The molecule has 124 heavy (non-hydrogen) atoms. The molecule has 6 aromatic heterocycles. The minimum Gasteiger partial charge on any atom is -0.369 e. The van der Waals surface area contributed by atoms with Crippen molar-refractivity contribution in [2.45, 2.75) is 85.6 Å². The van der Waals surface area contributed by atoms with Crippen LogP contribution in [0.3, 0.4) is 0 Å². The Balaban J connectivity index is 0.000000170. The molecule has 3 amide bonds. The highest BCUT2D eigenvalue weighted by Gasteiger charge is 2.29. The van der Waals surface area contributed by atoms with Gasteiger partial charge in [-0.15, -0.1) is 0 Å². The van der Waals surface area contributed by atoms with Crippen LogP contribution in [0, 0.1) is 56.3 Å². The van der Waals surface area contributed by atoms with Crippen molar-refractivity contribution >= 4 is 114 Å². The summed E-state index contributed by atoms with van der Waals surface area (Å²) in [5.41, 5.74) is 53.3. The topological polar surface area (TPSA) is 342 Å². The number of benzene rings is 6. The number of anilines is 5. The molecular formula is C94H101BrCl3N19O5Si2. The summed E-state index contributed by atoms with van der Waals surface area (Å²) in [5, 5.41) is 1.63. The van der Waals surface area contributed by atoms with Crippen molar-refractivity contribution in [3.05, 3.63) is 250 Å². The van der Waals surface area contributed by atoms with Gasteiger partial charge in [-0.05, 0) is 191 Å². The Morgan fingerprint density at radius 3 is 1.15 bits per heavy atom. The number of halogens is 4. The molecule has 2 fully saturated rings. The van der Waals surface area contributed by atoms with Gasteiger partial charge in [-0.3, -0.25) is 14.4 Å². The van der Waals surface area contributed by atoms with Crippen LogP contribution in [0.15, 0.2) is 169 Å². The molecule has 0 bridgehead atoms. The SMILES string of the molecule is Cc1ccc(Cl)cc1-c1[nH]c(-c2nc(N)ncc2C#Cc2ccc(N3CCN(C)CC3)cc2)cc1C(N)=O.Cc1ccc(Cl)cc1-c1c(C(N)=O)cc(-c2nc(N)ncc2C#Cc2ccc(Br)cc2)n1COCC[Si](C)(C)C.Cc1ccc(Cl)cc1-c1c(C(N)=O)cc(-c2nc(N)ncc2C#Cc2ccc(N3CCN(C)CC3)cc2)n1COCC[Si](C)(C)C. The van der Waals surface area contributed by atoms with Crippen LogP contribution in [-0.2, 0) is 22.9 Å². The van der Waals surface area contributed by atoms with Crippen LogP contribution in [0.25, 0.3) is 67.9 Å². The zero-order valence-corrected chi connectivity index (χ0v) is 77.2. The third kappa shape index (κ3) is 23.7. The van der Waals surface area contributed by atoms with Crippen molar-refractivity contribution in [1.29, 1.82) is 0 Å². The first kappa shape index (κ1) is 91.3. The number of nitrogens with one attached hydrogen (secondary N) is 1. The predicted molar refractivity (Wildman–Crippen MR) is 510 cm³/mol. The molecular weight excluding hydrogens is 1720 g/mol. The molecule has 0 radical (unpaired) electrons. The van der Waals surface area contributed by atoms with Crippen molar-refractivity contribution in [2.75, 3.05) is 107 Å². The molecule has 0 unspecified atom stereocenters. The fraction of sp³-hybridized carbons (Fsp3) is 0.266. The molecule has 12 aromatic rings. The van der Waals surface area contributed by atoms with Crippen LogP contribution < -0.4 is 44.2 Å². The van der Waals surface area contributed by atoms with E-state index in [4.69, 9.17) is 78.7 Å². The van der Waals surface area contributed by atoms with E-state index in [1.54, 1.807) is 48.9 Å². The maximum atomic E-state index is 12.9. The number of amides is 3. The minimum absolute atomic E-state index is 0.0812. The highest BCUT2D eigenvalue weighted by Crippen LogP contribution is 2.40. The summed E-state index contributed by atoms with van der Waals surface area (Å²) in [6, 6.07) is 47.8. The average molecular weight is 1820 g/mol. The Morgan fingerprint density at radius 1 is 0.444 bits per heavy atom. The van der Waals surface area contributed by atoms with Crippen molar-refractivity contribution < 1.29 is 23.9 Å². The number of likely N-dealkylation sites (N-methyl/N-ethyl adjacent to an activating group) is 2. The van der Waals surface area contributed by atoms with E-state index in [-0.39, 0.29) is 31.3 Å². The summed E-state index contributed by atoms with van der Waals surface area (Å²) >= 11 is 22.5. The number of nitrogens with two attached hydrogens (primary N) is 6. The molecule has 0 saturated carbocycles. The molecule has 14 rings (SSSR count). The lowest BCUT2D eigenvalue weighted by Gasteiger charge is -2.34. The number of H-pyrrole nitrogens is 1. The van der Waals surface area contributed by atoms with Crippen LogP contribution >= 0.6 is 50.7 Å². The Bertz CT molecular complexity index is 6130. The zero-order valence-electron chi connectivity index (χ0n) is 71.4. The molecule has 13 N–H and O–H groups in total. The molecule has 0 atom stereocenters. The standard InChI is InChI=1S/C35H42ClN7O2Si.C30H31BrClN5O2Si.C29H28ClN7O/c1-24-6-11-27(36)20-29(24)33-30(34(37)44)21-31(43(33)23-45-18-19-46(3,4)5)32-26(22-39-35(38)40-32)10-7-25-8-12-28(13-9-25)42-16-14-41(2)15-17-42;1-19-5-12-23(32)15-24(19)28-25(29(33)38)16-26(37(28)18-39-13-14-40(2,3)4)27-21(17-35-30(34)36-27)9-6-20-7-10-22(31)11-8-20;1-18-3-8-21(30)15-23(18)27-24(28(31)38)16-25(34-27)26-20(17-33-29(32)35-26)7-4-19-5-9-22(10-6-19)37-13-11-36(2)12-14-37/h6,8-9,11-13,20-22H,14-19,23H2,1-5H3,(H2,37,44)(H2,38,39,40);5,7-8,10-12,15-17H,13-14,18H2,1-4H3,(H2,33,38)(H2,34,35,36);3,5-6,8-10,15-17,34H,11-14H2,1-2H3,(H2,31,38)(H2,32,33,35). The first-order valence-electron chi connectivity index (χ1n) is 40.4. The third-order valence-electron chi connectivity index (χ3n) is 21.1. The summed E-state index contributed by atoms with van der Waals surface area (Å²) in [5.74, 6) is 17.8. The highest BCUT2D eigenvalue weighted by atomic mass is 79.9. The second kappa shape index (κ2) is 40.6. The van der Waals surface area contributed by atoms with Gasteiger partial charge in [0.1, 0.15) is 30.5 Å². The fourth-order valence-corrected chi connectivity index (χ4v) is 16.3. The van der Waals surface area contributed by atoms with Gasteiger partial charge in [0.15, 0.2) is 0 Å². The lowest BCUT2D eigenvalue weighted by molar-refractivity contribution is 0.0890. The lowest BCUT2D eigenvalue weighted by Crippen LogP contribution is -2.44. The Labute approximate surface area is 749 Å². The van der Waals surface area contributed by atoms with Gasteiger partial charge < -0.3 is 77.6 Å². The van der Waals surface area contributed by atoms with E-state index in [1.807, 2.05) is 121 Å². The van der Waals surface area contributed by atoms with Gasteiger partial charge in [0.2, 0.25) is 17.8 Å². The lowest BCUT2D eigenvalue weighted by atomic mass is 10.0. The number of aryl methyl sites for hydroxylation is 3. The number of carbonyl (C=O) groups is 3. The van der Waals surface area contributed by atoms with Crippen LogP contribution in [-0.4, -0.2) is 167 Å². The summed E-state index contributed by atoms with van der Waals surface area (Å²) in [4.78, 5) is 76.9. The van der Waals surface area contributed by atoms with Gasteiger partial charge in [-0.2, -0.15) is 0 Å². The molecule has 30 heteroatoms. The number of hydrogen-bond donors (Lipinski definition) is 7. The monoisotopic (exact) mass is 1820 g/mol. The minimum atomic E-state index is -1.34. The van der Waals surface area contributed by atoms with E-state index < -0.39 is 33.9 Å². The van der Waals surface area contributed by atoms with Crippen molar-refractivity contribution in [3.63, 3.8) is 0 Å². The molecule has 6 aromatic carbocycles. The quantitative estimate of drug-likeness (QED) is 0.0200. The van der Waals surface area contributed by atoms with Gasteiger partial charge in [0.05, 0.1) is 67.5 Å². The van der Waals surface area contributed by atoms with Crippen LogP contribution in [0.5, 0.6) is 0 Å². The number of carbonyl (C=O) groups excluding carboxylic acids is 3. The van der Waals surface area contributed by atoms with Gasteiger partial charge in [0, 0.05) is 165 Å². The molecule has 0 aliphatic carbocycles. The first-order chi connectivity index (χ1) is 59.1. The van der Waals surface area contributed by atoms with E-state index in [9.17, 15) is 14.4 Å². The summed E-state index contributed by atoms with van der Waals surface area (Å²) in [6.07, 6.45) is 4.78. The van der Waals surface area contributed by atoms with E-state index in [0.717, 1.165) is 119 Å². The average Bonchev–Trinajstić information content (AvgIpc) is 1.60. The third-order valence-corrected chi connectivity index (χ3v) is 25.8. The van der Waals surface area contributed by atoms with E-state index >= 15 is 0 Å². The summed E-state index contributed by atoms with van der Waals surface area (Å²) in [7, 11) is 1.63. The molecule has 24 nitrogen and oxygen atoms in total. The Kier molecular flexibility index (Phi) is 29.9. The van der Waals surface area contributed by atoms with Crippen molar-refractivity contribution in [3.8, 4) is 103 Å². The summed E-state index contributed by atoms with van der Waals surface area (Å²) < 4.78 is 17.2. The number of aromatic amines is 1. The molecule has 638 valence electrons. The molecule has 0 spiro atoms. The van der Waals surface area contributed by atoms with E-state index in [1.165, 1.54) is 11.4 Å². The van der Waals surface area contributed by atoms with Crippen LogP contribution in [0.4, 0.5) is 29.2 Å². The maximum Gasteiger partial charge on any atom is 0.250 e. The van der Waals surface area contributed by atoms with Crippen molar-refractivity contribution in [2.24, 2.45) is 17.2 Å². The number of hydrogen-bond acceptors (Lipinski definition) is 18. The molecule has 2 aliphatic heterocycles. The number of rotatable bonds is 21. The predicted octanol–water partition coefficient (Wildman–Crippen LogP) is 16.4. The highest BCUT2D eigenvalue weighted by molar-refractivity contribution is 9.10. The first-order valence-corrected chi connectivity index (χ1v) is 49.8. The number of piperazine rings is 2. The number of nitrogen functional groups attached to an aromatic ring is 3. The Hall–Kier alpha value is -11.9. The summed E-state index contributed by atoms with van der Waals surface area (Å²) in [6.45, 7) is 29.3. The number of ether oxygens (including phenoxy) is 2. The van der Waals surface area contributed by atoms with E-state index in [2.05, 4.69) is 184 Å². The van der Waals surface area contributed by atoms with Crippen LogP contribution in [0.2, 0.25) is 66.4 Å². The normalized spacial score (nSPS) is 13.0. The zero-order chi connectivity index (χ0) is 88.8. The largest absolute Gasteiger partial charge is 0.369 e. The molecule has 2 aliphatic rings. The Morgan fingerprint density at radius 2 is 0.782 bits per heavy atom. The van der Waals surface area contributed by atoms with Gasteiger partial charge in [0.25, 0.3) is 17.7 Å². The number of nitrogens with zero attached hydrogens (tertiary/aromatic N) is 12. The molecule has 8 heterocycles. The van der Waals surface area contributed by atoms with Gasteiger partial charge in [-0.1, -0.05) is 144 Å². The molecule has 2 saturated heterocycles. The second-order valence-electron chi connectivity index (χ2n) is 33.0.